The number of hydrogen-bond donors (Lipinski definition) is 2. The maximum atomic E-state index is 8.84. The predicted molar refractivity (Wildman–Crippen MR) is 143 cm³/mol. The van der Waals surface area contributed by atoms with E-state index in [1.54, 1.807) is 0 Å². The first-order valence-corrected chi connectivity index (χ1v) is 10.6. The fraction of sp³-hybridized carbons (Fsp3) is 0.200. The molecule has 0 amide bonds. The minimum Gasteiger partial charge on any atom is -0.515 e. The lowest BCUT2D eigenvalue weighted by molar-refractivity contribution is 0.469. The molecule has 2 nitrogen and oxygen atoms in total. The molecule has 0 bridgehead atoms. The van der Waals surface area contributed by atoms with Crippen molar-refractivity contribution in [1.82, 2.24) is 0 Å². The summed E-state index contributed by atoms with van der Waals surface area (Å²) in [5, 5.41) is 17.7. The number of allylic oxidation sites excluding steroid dienone is 22. The van der Waals surface area contributed by atoms with Gasteiger partial charge < -0.3 is 10.2 Å². The molecule has 0 heterocycles. The highest BCUT2D eigenvalue weighted by molar-refractivity contribution is 5.33. The van der Waals surface area contributed by atoms with Gasteiger partial charge in [0.25, 0.3) is 0 Å². The molecule has 0 radical (unpaired) electrons. The lowest BCUT2D eigenvalue weighted by atomic mass is 10.2. The molecule has 0 spiro atoms. The summed E-state index contributed by atoms with van der Waals surface area (Å²) in [5.74, 6) is 0. The quantitative estimate of drug-likeness (QED) is 0.253. The van der Waals surface area contributed by atoms with Crippen LogP contribution in [-0.2, 0) is 0 Å². The molecule has 2 heteroatoms. The fourth-order valence-corrected chi connectivity index (χ4v) is 2.13. The largest absolute Gasteiger partial charge is 0.515 e. The number of rotatable bonds is 11. The summed E-state index contributed by atoms with van der Waals surface area (Å²) in [6, 6.07) is 0. The summed E-state index contributed by atoms with van der Waals surface area (Å²) < 4.78 is 0. The van der Waals surface area contributed by atoms with E-state index in [-0.39, 0.29) is 0 Å². The Morgan fingerprint density at radius 3 is 0.812 bits per heavy atom. The van der Waals surface area contributed by atoms with E-state index in [0.29, 0.717) is 0 Å². The first-order chi connectivity index (χ1) is 15.3. The molecule has 2 N–H and O–H groups in total. The number of aliphatic hydroxyl groups excluding tert-OH is 2. The fourth-order valence-electron chi connectivity index (χ4n) is 2.13. The van der Waals surface area contributed by atoms with Crippen molar-refractivity contribution in [3.63, 3.8) is 0 Å². The Kier molecular flexibility index (Phi) is 16.3. The lowest BCUT2D eigenvalue weighted by Gasteiger charge is -1.91. The van der Waals surface area contributed by atoms with Crippen molar-refractivity contribution in [1.29, 1.82) is 0 Å². The molecule has 0 atom stereocenters. The van der Waals surface area contributed by atoms with Crippen LogP contribution in [0, 0.1) is 0 Å². The summed E-state index contributed by atoms with van der Waals surface area (Å²) in [5.41, 5.74) is 6.22. The predicted octanol–water partition coefficient (Wildman–Crippen LogP) is 9.03. The Bertz CT molecular complexity index is 853. The molecule has 0 aliphatic rings. The van der Waals surface area contributed by atoms with Gasteiger partial charge in [0.1, 0.15) is 0 Å². The van der Waals surface area contributed by atoms with E-state index in [1.807, 2.05) is 101 Å². The molecule has 32 heavy (non-hydrogen) atoms. The minimum absolute atomic E-state index is 0.815. The van der Waals surface area contributed by atoms with E-state index in [0.717, 1.165) is 46.0 Å². The summed E-state index contributed by atoms with van der Waals surface area (Å²) in [6.07, 6.45) is 34.2. The highest BCUT2D eigenvalue weighted by Gasteiger charge is 1.83. The van der Waals surface area contributed by atoms with Crippen LogP contribution in [0.4, 0.5) is 0 Å². The maximum Gasteiger partial charge on any atom is 0.0820 e. The van der Waals surface area contributed by atoms with E-state index in [9.17, 15) is 0 Å². The molecule has 0 aromatic rings. The molecule has 0 aromatic heterocycles. The smallest absolute Gasteiger partial charge is 0.0820 e. The molecule has 170 valence electrons. The van der Waals surface area contributed by atoms with Gasteiger partial charge in [0, 0.05) is 0 Å². The van der Waals surface area contributed by atoms with E-state index in [4.69, 9.17) is 10.2 Å². The topological polar surface area (TPSA) is 40.5 Å². The van der Waals surface area contributed by atoms with E-state index in [2.05, 4.69) is 38.2 Å². The van der Waals surface area contributed by atoms with Crippen LogP contribution in [-0.4, -0.2) is 10.2 Å². The van der Waals surface area contributed by atoms with Gasteiger partial charge in [0.2, 0.25) is 0 Å². The van der Waals surface area contributed by atoms with Crippen LogP contribution in [0.25, 0.3) is 0 Å². The Morgan fingerprint density at radius 2 is 0.562 bits per heavy atom. The third-order valence-corrected chi connectivity index (χ3v) is 4.11. The van der Waals surface area contributed by atoms with Crippen LogP contribution >= 0.6 is 0 Å². The van der Waals surface area contributed by atoms with Gasteiger partial charge in [-0.3, -0.25) is 0 Å². The molecule has 0 saturated heterocycles. The van der Waals surface area contributed by atoms with Crippen molar-refractivity contribution < 1.29 is 10.2 Å². The van der Waals surface area contributed by atoms with Gasteiger partial charge in [-0.1, -0.05) is 120 Å². The Balaban J connectivity index is 4.68. The molecular weight excluding hydrogens is 392 g/mol. The van der Waals surface area contributed by atoms with Crippen molar-refractivity contribution in [2.45, 2.75) is 41.5 Å². The number of hydrogen-bond acceptors (Lipinski definition) is 2. The maximum absolute atomic E-state index is 8.84. The van der Waals surface area contributed by atoms with Crippen molar-refractivity contribution in [2.24, 2.45) is 0 Å². The van der Waals surface area contributed by atoms with Crippen LogP contribution in [0.5, 0.6) is 0 Å². The zero-order chi connectivity index (χ0) is 24.2. The molecule has 0 aliphatic carbocycles. The van der Waals surface area contributed by atoms with E-state index in [1.165, 1.54) is 0 Å². The van der Waals surface area contributed by atoms with E-state index >= 15 is 0 Å². The third kappa shape index (κ3) is 17.3. The average molecular weight is 431 g/mol. The van der Waals surface area contributed by atoms with Crippen LogP contribution < -0.4 is 0 Å². The van der Waals surface area contributed by atoms with E-state index < -0.39 is 0 Å². The second-order valence-corrected chi connectivity index (χ2v) is 7.54. The second-order valence-electron chi connectivity index (χ2n) is 7.54. The first kappa shape index (κ1) is 28.5. The highest BCUT2D eigenvalue weighted by atomic mass is 16.2. The Labute approximate surface area is 195 Å². The van der Waals surface area contributed by atoms with Gasteiger partial charge >= 0.3 is 0 Å². The summed E-state index contributed by atoms with van der Waals surface area (Å²) in [7, 11) is 0. The van der Waals surface area contributed by atoms with Crippen molar-refractivity contribution in [3.8, 4) is 0 Å². The van der Waals surface area contributed by atoms with Crippen LogP contribution in [0.15, 0.2) is 143 Å². The molecule has 0 rings (SSSR count). The third-order valence-electron chi connectivity index (χ3n) is 4.11. The highest BCUT2D eigenvalue weighted by Crippen LogP contribution is 2.03. The zero-order valence-electron chi connectivity index (χ0n) is 20.3. The zero-order valence-corrected chi connectivity index (χ0v) is 20.3. The van der Waals surface area contributed by atoms with Gasteiger partial charge in [-0.25, -0.2) is 0 Å². The van der Waals surface area contributed by atoms with Crippen molar-refractivity contribution in [3.05, 3.63) is 143 Å². The van der Waals surface area contributed by atoms with Crippen molar-refractivity contribution in [2.75, 3.05) is 0 Å². The summed E-state index contributed by atoms with van der Waals surface area (Å²) in [6.45, 7) is 11.9. The SMILES string of the molecule is CC(/C=C/C=C(C)/C=C/C=C(C)/C=C/C=C/C(C)=C/C=C/C(C)=C/C=C/C(C)=C/O)=C\O. The summed E-state index contributed by atoms with van der Waals surface area (Å²) >= 11 is 0. The molecule has 0 fully saturated rings. The Hall–Kier alpha value is -3.52. The molecule has 0 unspecified atom stereocenters. The Morgan fingerprint density at radius 1 is 0.344 bits per heavy atom. The second kappa shape index (κ2) is 18.3. The van der Waals surface area contributed by atoms with Gasteiger partial charge in [0.15, 0.2) is 0 Å². The first-order valence-electron chi connectivity index (χ1n) is 10.6. The van der Waals surface area contributed by atoms with Gasteiger partial charge in [0.05, 0.1) is 12.5 Å². The monoisotopic (exact) mass is 430 g/mol. The van der Waals surface area contributed by atoms with Gasteiger partial charge in [-0.05, 0) is 52.7 Å². The van der Waals surface area contributed by atoms with Crippen LogP contribution in [0.2, 0.25) is 0 Å². The average Bonchev–Trinajstić information content (AvgIpc) is 2.76. The van der Waals surface area contributed by atoms with Crippen LogP contribution in [0.1, 0.15) is 41.5 Å². The lowest BCUT2D eigenvalue weighted by Crippen LogP contribution is -1.70. The normalized spacial score (nSPS) is 16.4. The molecule has 0 aromatic carbocycles. The minimum atomic E-state index is 0.815. The summed E-state index contributed by atoms with van der Waals surface area (Å²) in [4.78, 5) is 0. The molecule has 0 saturated carbocycles. The molecule has 0 aliphatic heterocycles. The standard InChI is InChI=1S/C30H38O2/c1-25(15-9-17-27(3)19-11-21-29(5)23-31)13-7-8-14-26(2)16-10-18-28(4)20-12-22-30(6)24-32/h7-24,31-32H,1-6H3/b13-7+,14-8+,17-9+,18-10+,21-11+,22-12+,25-15+,26-16+,27-19+,28-20+,29-23+,30-24+. The van der Waals surface area contributed by atoms with Gasteiger partial charge in [-0.2, -0.15) is 0 Å². The molecular formula is C30H38O2. The number of aliphatic hydroxyl groups is 2. The van der Waals surface area contributed by atoms with Gasteiger partial charge in [-0.15, -0.1) is 0 Å². The van der Waals surface area contributed by atoms with Crippen molar-refractivity contribution >= 4 is 0 Å². The van der Waals surface area contributed by atoms with Crippen LogP contribution in [0.3, 0.4) is 0 Å².